The summed E-state index contributed by atoms with van der Waals surface area (Å²) in [7, 11) is 0. The lowest BCUT2D eigenvalue weighted by Gasteiger charge is -2.22. The number of benzene rings is 1. The summed E-state index contributed by atoms with van der Waals surface area (Å²) in [5.41, 5.74) is 0.0679. The molecule has 1 saturated carbocycles. The molecule has 1 atom stereocenters. The molecule has 0 aromatic heterocycles. The van der Waals surface area contributed by atoms with Gasteiger partial charge < -0.3 is 5.11 Å². The summed E-state index contributed by atoms with van der Waals surface area (Å²) in [6.07, 6.45) is 5.18. The van der Waals surface area contributed by atoms with Crippen LogP contribution in [-0.2, 0) is 0 Å². The number of aliphatic hydroxyl groups is 1. The predicted octanol–water partition coefficient (Wildman–Crippen LogP) is 4.06. The van der Waals surface area contributed by atoms with E-state index in [1.165, 1.54) is 32.1 Å². The van der Waals surface area contributed by atoms with Crippen molar-refractivity contribution in [3.8, 4) is 0 Å². The zero-order valence-electron chi connectivity index (χ0n) is 10.2. The van der Waals surface area contributed by atoms with Crippen molar-refractivity contribution in [3.05, 3.63) is 35.4 Å². The van der Waals surface area contributed by atoms with Gasteiger partial charge in [0.05, 0.1) is 6.10 Å². The number of halogens is 2. The van der Waals surface area contributed by atoms with Gasteiger partial charge in [-0.1, -0.05) is 19.3 Å². The van der Waals surface area contributed by atoms with Crippen molar-refractivity contribution < 1.29 is 13.9 Å². The molecule has 100 valence electrons. The molecule has 0 amide bonds. The van der Waals surface area contributed by atoms with Crippen molar-refractivity contribution in [2.75, 3.05) is 5.75 Å². The highest BCUT2D eigenvalue weighted by Gasteiger charge is 2.18. The van der Waals surface area contributed by atoms with Gasteiger partial charge in [-0.15, -0.1) is 0 Å². The third-order valence-corrected chi connectivity index (χ3v) is 4.81. The van der Waals surface area contributed by atoms with Crippen LogP contribution in [0.3, 0.4) is 0 Å². The summed E-state index contributed by atoms with van der Waals surface area (Å²) in [6.45, 7) is 0. The first kappa shape index (κ1) is 13.8. The minimum absolute atomic E-state index is 0.0679. The number of rotatable bonds is 4. The van der Waals surface area contributed by atoms with E-state index in [0.717, 1.165) is 18.2 Å². The minimum Gasteiger partial charge on any atom is -0.387 e. The second-order valence-electron chi connectivity index (χ2n) is 4.77. The average Bonchev–Trinajstić information content (AvgIpc) is 2.40. The zero-order valence-corrected chi connectivity index (χ0v) is 11.1. The molecule has 1 aromatic carbocycles. The van der Waals surface area contributed by atoms with Crippen LogP contribution in [0.25, 0.3) is 0 Å². The molecule has 0 radical (unpaired) electrons. The lowest BCUT2D eigenvalue weighted by Crippen LogP contribution is -2.12. The summed E-state index contributed by atoms with van der Waals surface area (Å²) in [5, 5.41) is 10.5. The molecule has 4 heteroatoms. The third kappa shape index (κ3) is 3.69. The van der Waals surface area contributed by atoms with Crippen LogP contribution in [-0.4, -0.2) is 16.1 Å². The highest BCUT2D eigenvalue weighted by Crippen LogP contribution is 2.31. The predicted molar refractivity (Wildman–Crippen MR) is 70.6 cm³/mol. The Morgan fingerprint density at radius 1 is 1.22 bits per heavy atom. The van der Waals surface area contributed by atoms with Crippen molar-refractivity contribution in [2.45, 2.75) is 43.5 Å². The molecule has 1 N–H and O–H groups in total. The van der Waals surface area contributed by atoms with E-state index in [1.54, 1.807) is 11.8 Å². The molecule has 1 fully saturated rings. The first-order chi connectivity index (χ1) is 8.66. The summed E-state index contributed by atoms with van der Waals surface area (Å²) in [5.74, 6) is -0.605. The maximum Gasteiger partial charge on any atom is 0.129 e. The van der Waals surface area contributed by atoms with Crippen molar-refractivity contribution in [1.82, 2.24) is 0 Å². The van der Waals surface area contributed by atoms with E-state index >= 15 is 0 Å². The summed E-state index contributed by atoms with van der Waals surface area (Å²) in [6, 6.07) is 3.22. The number of aliphatic hydroxyl groups excluding tert-OH is 1. The fourth-order valence-electron chi connectivity index (χ4n) is 2.32. The Hall–Kier alpha value is -0.610. The van der Waals surface area contributed by atoms with Gasteiger partial charge in [-0.3, -0.25) is 0 Å². The highest BCUT2D eigenvalue weighted by molar-refractivity contribution is 7.99. The minimum atomic E-state index is -0.923. The molecular formula is C14H18F2OS. The average molecular weight is 272 g/mol. The Bertz CT molecular complexity index is 391. The Kier molecular flexibility index (Phi) is 5.01. The lowest BCUT2D eigenvalue weighted by molar-refractivity contribution is 0.198. The Morgan fingerprint density at radius 3 is 2.67 bits per heavy atom. The van der Waals surface area contributed by atoms with Gasteiger partial charge in [0.25, 0.3) is 0 Å². The quantitative estimate of drug-likeness (QED) is 0.891. The molecule has 0 aliphatic heterocycles. The molecule has 0 bridgehead atoms. The van der Waals surface area contributed by atoms with Gasteiger partial charge in [0.1, 0.15) is 11.6 Å². The van der Waals surface area contributed by atoms with Gasteiger partial charge in [-0.05, 0) is 31.0 Å². The molecule has 1 aromatic rings. The molecule has 1 aliphatic carbocycles. The van der Waals surface area contributed by atoms with Crippen LogP contribution in [0.2, 0.25) is 0 Å². The summed E-state index contributed by atoms with van der Waals surface area (Å²) < 4.78 is 26.5. The van der Waals surface area contributed by atoms with Gasteiger partial charge in [0.15, 0.2) is 0 Å². The lowest BCUT2D eigenvalue weighted by atomic mass is 10.0. The largest absolute Gasteiger partial charge is 0.387 e. The normalized spacial score (nSPS) is 18.8. The first-order valence-electron chi connectivity index (χ1n) is 6.41. The Labute approximate surface area is 111 Å². The van der Waals surface area contributed by atoms with Crippen molar-refractivity contribution >= 4 is 11.8 Å². The van der Waals surface area contributed by atoms with Crippen LogP contribution < -0.4 is 0 Å². The van der Waals surface area contributed by atoms with Gasteiger partial charge in [0, 0.05) is 16.6 Å². The van der Waals surface area contributed by atoms with E-state index in [0.29, 0.717) is 11.0 Å². The van der Waals surface area contributed by atoms with E-state index in [4.69, 9.17) is 0 Å². The van der Waals surface area contributed by atoms with E-state index in [2.05, 4.69) is 0 Å². The topological polar surface area (TPSA) is 20.2 Å². The van der Waals surface area contributed by atoms with Crippen LogP contribution in [0.15, 0.2) is 18.2 Å². The van der Waals surface area contributed by atoms with E-state index < -0.39 is 17.7 Å². The van der Waals surface area contributed by atoms with Crippen LogP contribution in [0.4, 0.5) is 8.78 Å². The van der Waals surface area contributed by atoms with Crippen molar-refractivity contribution in [1.29, 1.82) is 0 Å². The molecule has 0 heterocycles. The van der Waals surface area contributed by atoms with Crippen molar-refractivity contribution in [2.24, 2.45) is 0 Å². The molecule has 18 heavy (non-hydrogen) atoms. The second-order valence-corrected chi connectivity index (χ2v) is 6.11. The van der Waals surface area contributed by atoms with Crippen LogP contribution in [0.1, 0.15) is 43.8 Å². The fraction of sp³-hybridized carbons (Fsp3) is 0.571. The van der Waals surface area contributed by atoms with Crippen molar-refractivity contribution in [3.63, 3.8) is 0 Å². The molecule has 1 unspecified atom stereocenters. The number of hydrogen-bond donors (Lipinski definition) is 1. The molecule has 0 spiro atoms. The smallest absolute Gasteiger partial charge is 0.129 e. The monoisotopic (exact) mass is 272 g/mol. The zero-order chi connectivity index (χ0) is 13.0. The van der Waals surface area contributed by atoms with E-state index in [-0.39, 0.29) is 5.56 Å². The molecule has 2 rings (SSSR count). The van der Waals surface area contributed by atoms with E-state index in [9.17, 15) is 13.9 Å². The maximum atomic E-state index is 13.4. The van der Waals surface area contributed by atoms with Gasteiger partial charge in [-0.2, -0.15) is 11.8 Å². The Morgan fingerprint density at radius 2 is 1.94 bits per heavy atom. The Balaban J connectivity index is 1.90. The number of hydrogen-bond acceptors (Lipinski definition) is 2. The van der Waals surface area contributed by atoms with Crippen LogP contribution in [0, 0.1) is 11.6 Å². The molecular weight excluding hydrogens is 254 g/mol. The highest BCUT2D eigenvalue weighted by atomic mass is 32.2. The molecule has 1 nitrogen and oxygen atoms in total. The van der Waals surface area contributed by atoms with E-state index in [1.807, 2.05) is 0 Å². The second kappa shape index (κ2) is 6.53. The number of thioether (sulfide) groups is 1. The summed E-state index contributed by atoms with van der Waals surface area (Å²) in [4.78, 5) is 0. The fourth-order valence-corrected chi connectivity index (χ4v) is 3.62. The standard InChI is InChI=1S/C14H18F2OS/c15-10-6-7-13(16)12(8-10)14(17)9-18-11-4-2-1-3-5-11/h6-8,11,14,17H,1-5,9H2. The third-order valence-electron chi connectivity index (χ3n) is 3.36. The summed E-state index contributed by atoms with van der Waals surface area (Å²) >= 11 is 1.68. The van der Waals surface area contributed by atoms with Gasteiger partial charge in [-0.25, -0.2) is 8.78 Å². The van der Waals surface area contributed by atoms with Crippen LogP contribution in [0.5, 0.6) is 0 Å². The first-order valence-corrected chi connectivity index (χ1v) is 7.46. The van der Waals surface area contributed by atoms with Gasteiger partial charge >= 0.3 is 0 Å². The molecule has 1 aliphatic rings. The maximum absolute atomic E-state index is 13.4. The van der Waals surface area contributed by atoms with Gasteiger partial charge in [0.2, 0.25) is 0 Å². The SMILES string of the molecule is OC(CSC1CCCCC1)c1cc(F)ccc1F. The van der Waals surface area contributed by atoms with Crippen LogP contribution >= 0.6 is 11.8 Å². The molecule has 0 saturated heterocycles.